The quantitative estimate of drug-likeness (QED) is 0.545. The number of aryl methyl sites for hydroxylation is 1. The van der Waals surface area contributed by atoms with E-state index in [4.69, 9.17) is 21.4 Å². The van der Waals surface area contributed by atoms with E-state index < -0.39 is 5.97 Å². The summed E-state index contributed by atoms with van der Waals surface area (Å²) < 4.78 is 5.31. The number of ether oxygens (including phenoxy) is 1. The second-order valence-electron chi connectivity index (χ2n) is 5.58. The molecule has 0 fully saturated rings. The molecule has 0 spiro atoms. The van der Waals surface area contributed by atoms with Gasteiger partial charge in [-0.1, -0.05) is 47.6 Å². The van der Waals surface area contributed by atoms with Gasteiger partial charge in [0, 0.05) is 11.6 Å². The highest BCUT2D eigenvalue weighted by atomic mass is 35.5. The third kappa shape index (κ3) is 5.74. The van der Waals surface area contributed by atoms with Crippen molar-refractivity contribution < 1.29 is 14.6 Å². The van der Waals surface area contributed by atoms with Crippen LogP contribution in [0.25, 0.3) is 6.08 Å². The highest BCUT2D eigenvalue weighted by Gasteiger charge is 2.10. The molecular weight excluding hydrogens is 324 g/mol. The number of allylic oxidation sites excluding steroid dienone is 6. The highest BCUT2D eigenvalue weighted by molar-refractivity contribution is 6.33. The van der Waals surface area contributed by atoms with E-state index in [1.165, 1.54) is 6.08 Å². The van der Waals surface area contributed by atoms with E-state index in [1.807, 2.05) is 51.1 Å². The summed E-state index contributed by atoms with van der Waals surface area (Å²) in [5.41, 5.74) is 4.63. The van der Waals surface area contributed by atoms with Crippen LogP contribution in [-0.2, 0) is 4.79 Å². The first-order chi connectivity index (χ1) is 11.3. The number of halogens is 1. The summed E-state index contributed by atoms with van der Waals surface area (Å²) in [7, 11) is 1.63. The summed E-state index contributed by atoms with van der Waals surface area (Å²) in [6, 6.07) is 1.97. The molecule has 0 aliphatic rings. The minimum atomic E-state index is -0.947. The van der Waals surface area contributed by atoms with Gasteiger partial charge in [-0.3, -0.25) is 0 Å². The van der Waals surface area contributed by atoms with Crippen molar-refractivity contribution in [2.45, 2.75) is 27.7 Å². The molecular formula is C20H23ClO3. The van der Waals surface area contributed by atoms with Crippen LogP contribution in [0.1, 0.15) is 30.5 Å². The molecule has 3 nitrogen and oxygen atoms in total. The number of aliphatic carboxylic acids is 1. The normalized spacial score (nSPS) is 13.1. The van der Waals surface area contributed by atoms with Gasteiger partial charge in [0.05, 0.1) is 12.1 Å². The molecule has 1 rings (SSSR count). The lowest BCUT2D eigenvalue weighted by molar-refractivity contribution is -0.131. The van der Waals surface area contributed by atoms with Crippen molar-refractivity contribution in [1.29, 1.82) is 0 Å². The van der Waals surface area contributed by atoms with Gasteiger partial charge in [-0.2, -0.15) is 0 Å². The van der Waals surface area contributed by atoms with Crippen LogP contribution in [0.5, 0.6) is 5.75 Å². The minimum absolute atomic E-state index is 0.681. The fourth-order valence-corrected chi connectivity index (χ4v) is 2.45. The van der Waals surface area contributed by atoms with E-state index in [9.17, 15) is 4.79 Å². The largest absolute Gasteiger partial charge is 0.496 e. The maximum atomic E-state index is 10.5. The fraction of sp³-hybridized carbons (Fsp3) is 0.250. The first-order valence-electron chi connectivity index (χ1n) is 7.54. The summed E-state index contributed by atoms with van der Waals surface area (Å²) in [5.74, 6) is -0.164. The summed E-state index contributed by atoms with van der Waals surface area (Å²) in [5, 5.41) is 9.34. The summed E-state index contributed by atoms with van der Waals surface area (Å²) in [4.78, 5) is 10.5. The number of methoxy groups -OCH3 is 1. The van der Waals surface area contributed by atoms with Crippen molar-refractivity contribution >= 4 is 23.6 Å². The van der Waals surface area contributed by atoms with Crippen LogP contribution in [0.15, 0.2) is 47.6 Å². The van der Waals surface area contributed by atoms with Crippen LogP contribution in [0.2, 0.25) is 5.02 Å². The molecule has 0 aromatic heterocycles. The molecule has 0 atom stereocenters. The average Bonchev–Trinajstić information content (AvgIpc) is 2.50. The number of hydrogen-bond acceptors (Lipinski definition) is 2. The third-order valence-electron chi connectivity index (χ3n) is 3.51. The van der Waals surface area contributed by atoms with Gasteiger partial charge in [0.25, 0.3) is 0 Å². The molecule has 1 N–H and O–H groups in total. The van der Waals surface area contributed by atoms with Gasteiger partial charge in [0.15, 0.2) is 0 Å². The first-order valence-corrected chi connectivity index (χ1v) is 7.92. The lowest BCUT2D eigenvalue weighted by atomic mass is 10.0. The van der Waals surface area contributed by atoms with E-state index in [0.717, 1.165) is 28.0 Å². The second-order valence-corrected chi connectivity index (χ2v) is 5.96. The number of benzene rings is 1. The highest BCUT2D eigenvalue weighted by Crippen LogP contribution is 2.32. The number of carboxylic acid groups (broad SMARTS) is 1. The Morgan fingerprint density at radius 2 is 1.88 bits per heavy atom. The van der Waals surface area contributed by atoms with Crippen molar-refractivity contribution in [2.75, 3.05) is 7.11 Å². The Bertz CT molecular complexity index is 738. The Kier molecular flexibility index (Phi) is 7.53. The van der Waals surface area contributed by atoms with E-state index in [2.05, 4.69) is 0 Å². The standard InChI is InChI=1S/C20H23ClO3/c1-13(7-6-8-14(2)11-19(22)23)9-10-17-15(3)12-18(24-5)16(4)20(17)21/h6-12H,1-5H3,(H,22,23)/b8-6?,10-9?,13-7?,14-11+. The molecule has 0 unspecified atom stereocenters. The van der Waals surface area contributed by atoms with Crippen LogP contribution in [0, 0.1) is 13.8 Å². The molecule has 4 heteroatoms. The second kappa shape index (κ2) is 9.14. The van der Waals surface area contributed by atoms with Gasteiger partial charge in [0.2, 0.25) is 0 Å². The summed E-state index contributed by atoms with van der Waals surface area (Å²) >= 11 is 6.43. The van der Waals surface area contributed by atoms with Gasteiger partial charge in [-0.05, 0) is 50.5 Å². The van der Waals surface area contributed by atoms with Crippen LogP contribution in [0.4, 0.5) is 0 Å². The minimum Gasteiger partial charge on any atom is -0.496 e. The Morgan fingerprint density at radius 1 is 1.21 bits per heavy atom. The average molecular weight is 347 g/mol. The molecule has 24 heavy (non-hydrogen) atoms. The summed E-state index contributed by atoms with van der Waals surface area (Å²) in [6.45, 7) is 7.64. The van der Waals surface area contributed by atoms with E-state index in [1.54, 1.807) is 20.1 Å². The van der Waals surface area contributed by atoms with Crippen LogP contribution >= 0.6 is 11.6 Å². The number of carbonyl (C=O) groups is 1. The van der Waals surface area contributed by atoms with Crippen molar-refractivity contribution in [3.05, 3.63) is 69.3 Å². The predicted molar refractivity (Wildman–Crippen MR) is 101 cm³/mol. The maximum Gasteiger partial charge on any atom is 0.328 e. The van der Waals surface area contributed by atoms with Gasteiger partial charge < -0.3 is 9.84 Å². The van der Waals surface area contributed by atoms with Crippen molar-refractivity contribution in [1.82, 2.24) is 0 Å². The molecule has 0 saturated carbocycles. The van der Waals surface area contributed by atoms with Gasteiger partial charge in [0.1, 0.15) is 5.75 Å². The van der Waals surface area contributed by atoms with Crippen LogP contribution < -0.4 is 4.74 Å². The molecule has 1 aromatic rings. The van der Waals surface area contributed by atoms with E-state index >= 15 is 0 Å². The predicted octanol–water partition coefficient (Wildman–Crippen LogP) is 5.51. The number of rotatable bonds is 6. The zero-order valence-electron chi connectivity index (χ0n) is 14.7. The van der Waals surface area contributed by atoms with Gasteiger partial charge >= 0.3 is 5.97 Å². The molecule has 0 bridgehead atoms. The monoisotopic (exact) mass is 346 g/mol. The molecule has 0 radical (unpaired) electrons. The molecule has 0 amide bonds. The lowest BCUT2D eigenvalue weighted by Crippen LogP contribution is -1.93. The molecule has 0 aliphatic carbocycles. The number of carboxylic acids is 1. The Morgan fingerprint density at radius 3 is 2.46 bits per heavy atom. The third-order valence-corrected chi connectivity index (χ3v) is 4.00. The zero-order valence-corrected chi connectivity index (χ0v) is 15.4. The topological polar surface area (TPSA) is 46.5 Å². The van der Waals surface area contributed by atoms with E-state index in [-0.39, 0.29) is 0 Å². The zero-order chi connectivity index (χ0) is 18.3. The van der Waals surface area contributed by atoms with Gasteiger partial charge in [-0.25, -0.2) is 4.79 Å². The van der Waals surface area contributed by atoms with Gasteiger partial charge in [-0.15, -0.1) is 0 Å². The Hall–Kier alpha value is -2.26. The van der Waals surface area contributed by atoms with Crippen molar-refractivity contribution in [2.24, 2.45) is 0 Å². The Labute approximate surface area is 148 Å². The molecule has 1 aromatic carbocycles. The molecule has 0 saturated heterocycles. The Balaban J connectivity index is 2.97. The maximum absolute atomic E-state index is 10.5. The lowest BCUT2D eigenvalue weighted by Gasteiger charge is -2.12. The number of hydrogen-bond donors (Lipinski definition) is 1. The molecule has 128 valence electrons. The van der Waals surface area contributed by atoms with Crippen molar-refractivity contribution in [3.8, 4) is 5.75 Å². The van der Waals surface area contributed by atoms with Crippen LogP contribution in [0.3, 0.4) is 0 Å². The van der Waals surface area contributed by atoms with Crippen LogP contribution in [-0.4, -0.2) is 18.2 Å². The molecule has 0 aliphatic heterocycles. The van der Waals surface area contributed by atoms with E-state index in [0.29, 0.717) is 10.6 Å². The summed E-state index contributed by atoms with van der Waals surface area (Å²) in [6.07, 6.45) is 10.6. The molecule has 0 heterocycles. The smallest absolute Gasteiger partial charge is 0.328 e. The first kappa shape index (κ1) is 19.8. The van der Waals surface area contributed by atoms with Crippen molar-refractivity contribution in [3.63, 3.8) is 0 Å². The SMILES string of the molecule is COc1cc(C)c(C=CC(C)=CC=C/C(C)=C/C(=O)O)c(Cl)c1C. The fourth-order valence-electron chi connectivity index (χ4n) is 2.15.